The molecule has 18 heavy (non-hydrogen) atoms. The van der Waals surface area contributed by atoms with Gasteiger partial charge in [-0.15, -0.1) is 0 Å². The van der Waals surface area contributed by atoms with Crippen LogP contribution in [0.4, 0.5) is 0 Å². The van der Waals surface area contributed by atoms with Crippen molar-refractivity contribution in [3.05, 3.63) is 29.8 Å². The number of methoxy groups -OCH3 is 1. The van der Waals surface area contributed by atoms with Crippen LogP contribution in [0.15, 0.2) is 24.3 Å². The van der Waals surface area contributed by atoms with Crippen molar-refractivity contribution in [2.45, 2.75) is 19.4 Å². The van der Waals surface area contributed by atoms with Crippen LogP contribution in [0.1, 0.15) is 18.4 Å². The summed E-state index contributed by atoms with van der Waals surface area (Å²) in [5, 5.41) is 9.23. The van der Waals surface area contributed by atoms with E-state index in [0.29, 0.717) is 0 Å². The summed E-state index contributed by atoms with van der Waals surface area (Å²) in [5.41, 5.74) is 1.15. The van der Waals surface area contributed by atoms with Crippen molar-refractivity contribution in [2.75, 3.05) is 20.2 Å². The van der Waals surface area contributed by atoms with E-state index in [-0.39, 0.29) is 17.6 Å². The molecule has 0 aromatic heterocycles. The van der Waals surface area contributed by atoms with Crippen molar-refractivity contribution < 1.29 is 14.6 Å². The van der Waals surface area contributed by atoms with Gasteiger partial charge in [0, 0.05) is 13.1 Å². The van der Waals surface area contributed by atoms with Crippen molar-refractivity contribution in [1.82, 2.24) is 4.90 Å². The average Bonchev–Trinajstić information content (AvgIpc) is 2.41. The number of phenols is 1. The first-order valence-electron chi connectivity index (χ1n) is 6.27. The number of piperidine rings is 1. The number of benzene rings is 1. The van der Waals surface area contributed by atoms with Gasteiger partial charge in [0.25, 0.3) is 0 Å². The minimum atomic E-state index is -0.106. The molecule has 0 amide bonds. The number of carbonyl (C=O) groups is 1. The molecule has 98 valence electrons. The van der Waals surface area contributed by atoms with Gasteiger partial charge in [0.05, 0.1) is 13.0 Å². The van der Waals surface area contributed by atoms with Crippen LogP contribution in [-0.4, -0.2) is 36.2 Å². The highest BCUT2D eigenvalue weighted by Gasteiger charge is 2.26. The number of carbonyl (C=O) groups excluding carboxylic acids is 1. The molecule has 1 atom stereocenters. The molecular formula is C14H19NO3. The van der Waals surface area contributed by atoms with E-state index in [4.69, 9.17) is 4.74 Å². The molecule has 1 saturated heterocycles. The SMILES string of the molecule is COC(=O)C1CCCN(Cc2ccc(O)cc2)C1. The molecule has 1 aliphatic heterocycles. The predicted molar refractivity (Wildman–Crippen MR) is 68.1 cm³/mol. The van der Waals surface area contributed by atoms with Crippen LogP contribution < -0.4 is 0 Å². The van der Waals surface area contributed by atoms with Crippen LogP contribution in [0.2, 0.25) is 0 Å². The lowest BCUT2D eigenvalue weighted by molar-refractivity contribution is -0.147. The number of hydrogen-bond donors (Lipinski definition) is 1. The van der Waals surface area contributed by atoms with E-state index >= 15 is 0 Å². The smallest absolute Gasteiger partial charge is 0.309 e. The first kappa shape index (κ1) is 12.9. The highest BCUT2D eigenvalue weighted by atomic mass is 16.5. The summed E-state index contributed by atoms with van der Waals surface area (Å²) < 4.78 is 4.81. The summed E-state index contributed by atoms with van der Waals surface area (Å²) in [6.07, 6.45) is 1.94. The van der Waals surface area contributed by atoms with Crippen LogP contribution in [0, 0.1) is 5.92 Å². The second kappa shape index (κ2) is 5.87. The molecule has 0 saturated carbocycles. The molecule has 0 bridgehead atoms. The third-order valence-corrected chi connectivity index (χ3v) is 3.38. The largest absolute Gasteiger partial charge is 0.508 e. The second-order valence-electron chi connectivity index (χ2n) is 4.76. The third kappa shape index (κ3) is 3.23. The third-order valence-electron chi connectivity index (χ3n) is 3.38. The molecule has 4 heteroatoms. The van der Waals surface area contributed by atoms with Gasteiger partial charge in [-0.25, -0.2) is 0 Å². The zero-order valence-corrected chi connectivity index (χ0v) is 10.6. The summed E-state index contributed by atoms with van der Waals surface area (Å²) >= 11 is 0. The van der Waals surface area contributed by atoms with Crippen molar-refractivity contribution in [3.63, 3.8) is 0 Å². The van der Waals surface area contributed by atoms with Crippen LogP contribution in [0.3, 0.4) is 0 Å². The Morgan fingerprint density at radius 3 is 2.83 bits per heavy atom. The van der Waals surface area contributed by atoms with Crippen LogP contribution in [0.5, 0.6) is 5.75 Å². The molecule has 0 radical (unpaired) electrons. The van der Waals surface area contributed by atoms with Gasteiger partial charge in [-0.1, -0.05) is 12.1 Å². The van der Waals surface area contributed by atoms with Crippen molar-refractivity contribution in [1.29, 1.82) is 0 Å². The van der Waals surface area contributed by atoms with Gasteiger partial charge >= 0.3 is 5.97 Å². The summed E-state index contributed by atoms with van der Waals surface area (Å²) in [6, 6.07) is 7.21. The van der Waals surface area contributed by atoms with Gasteiger partial charge < -0.3 is 9.84 Å². The lowest BCUT2D eigenvalue weighted by Crippen LogP contribution is -2.38. The first-order valence-corrected chi connectivity index (χ1v) is 6.27. The molecule has 0 spiro atoms. The van der Waals surface area contributed by atoms with Gasteiger partial charge in [-0.2, -0.15) is 0 Å². The molecule has 1 aromatic carbocycles. The fraction of sp³-hybridized carbons (Fsp3) is 0.500. The van der Waals surface area contributed by atoms with E-state index in [9.17, 15) is 9.90 Å². The summed E-state index contributed by atoms with van der Waals surface area (Å²) in [7, 11) is 1.45. The Kier molecular flexibility index (Phi) is 4.20. The zero-order valence-electron chi connectivity index (χ0n) is 10.6. The van der Waals surface area contributed by atoms with E-state index in [1.54, 1.807) is 12.1 Å². The molecule has 1 N–H and O–H groups in total. The number of nitrogens with zero attached hydrogens (tertiary/aromatic N) is 1. The number of esters is 1. The van der Waals surface area contributed by atoms with Crippen molar-refractivity contribution >= 4 is 5.97 Å². The monoisotopic (exact) mass is 249 g/mol. The molecule has 1 aromatic rings. The Labute approximate surface area is 107 Å². The zero-order chi connectivity index (χ0) is 13.0. The maximum Gasteiger partial charge on any atom is 0.309 e. The maximum atomic E-state index is 11.5. The normalized spacial score (nSPS) is 20.6. The van der Waals surface area contributed by atoms with E-state index in [1.165, 1.54) is 7.11 Å². The van der Waals surface area contributed by atoms with Gasteiger partial charge in [0.1, 0.15) is 5.75 Å². The number of ether oxygens (including phenoxy) is 1. The highest BCUT2D eigenvalue weighted by molar-refractivity contribution is 5.72. The molecule has 4 nitrogen and oxygen atoms in total. The van der Waals surface area contributed by atoms with Crippen LogP contribution in [-0.2, 0) is 16.1 Å². The summed E-state index contributed by atoms with van der Waals surface area (Å²) in [4.78, 5) is 13.8. The maximum absolute atomic E-state index is 11.5. The molecule has 1 heterocycles. The molecule has 0 aliphatic carbocycles. The van der Waals surface area contributed by atoms with Gasteiger partial charge in [0.2, 0.25) is 0 Å². The fourth-order valence-corrected chi connectivity index (χ4v) is 2.42. The van der Waals surface area contributed by atoms with Crippen molar-refractivity contribution in [3.8, 4) is 5.75 Å². The quantitative estimate of drug-likeness (QED) is 0.830. The van der Waals surface area contributed by atoms with Gasteiger partial charge in [-0.3, -0.25) is 9.69 Å². The number of likely N-dealkylation sites (tertiary alicyclic amines) is 1. The molecule has 1 unspecified atom stereocenters. The average molecular weight is 249 g/mol. The standard InChI is InChI=1S/C14H19NO3/c1-18-14(17)12-3-2-8-15(10-12)9-11-4-6-13(16)7-5-11/h4-7,12,16H,2-3,8-10H2,1H3. The first-order chi connectivity index (χ1) is 8.69. The molecular weight excluding hydrogens is 230 g/mol. The Hall–Kier alpha value is -1.55. The number of phenolic OH excluding ortho intramolecular Hbond substituents is 1. The van der Waals surface area contributed by atoms with Gasteiger partial charge in [0.15, 0.2) is 0 Å². The van der Waals surface area contributed by atoms with Crippen LogP contribution in [0.25, 0.3) is 0 Å². The predicted octanol–water partition coefficient (Wildman–Crippen LogP) is 1.78. The number of hydrogen-bond acceptors (Lipinski definition) is 4. The van der Waals surface area contributed by atoms with E-state index in [2.05, 4.69) is 4.90 Å². The van der Waals surface area contributed by atoms with E-state index in [1.807, 2.05) is 12.1 Å². The minimum absolute atomic E-state index is 0.000801. The number of rotatable bonds is 3. The fourth-order valence-electron chi connectivity index (χ4n) is 2.42. The second-order valence-corrected chi connectivity index (χ2v) is 4.76. The molecule has 1 aliphatic rings. The van der Waals surface area contributed by atoms with Crippen LogP contribution >= 0.6 is 0 Å². The Balaban J connectivity index is 1.93. The topological polar surface area (TPSA) is 49.8 Å². The Bertz CT molecular complexity index is 402. The summed E-state index contributed by atoms with van der Waals surface area (Å²) in [6.45, 7) is 2.58. The number of aromatic hydroxyl groups is 1. The Morgan fingerprint density at radius 1 is 1.44 bits per heavy atom. The van der Waals surface area contributed by atoms with Crippen molar-refractivity contribution in [2.24, 2.45) is 5.92 Å². The molecule has 2 rings (SSSR count). The summed E-state index contributed by atoms with van der Waals surface area (Å²) in [5.74, 6) is 0.177. The lowest BCUT2D eigenvalue weighted by Gasteiger charge is -2.31. The lowest BCUT2D eigenvalue weighted by atomic mass is 9.98. The molecule has 1 fully saturated rings. The highest BCUT2D eigenvalue weighted by Crippen LogP contribution is 2.20. The minimum Gasteiger partial charge on any atom is -0.508 e. The van der Waals surface area contributed by atoms with E-state index < -0.39 is 0 Å². The Morgan fingerprint density at radius 2 is 2.17 bits per heavy atom. The van der Waals surface area contributed by atoms with Gasteiger partial charge in [-0.05, 0) is 37.1 Å². The van der Waals surface area contributed by atoms with E-state index in [0.717, 1.165) is 38.0 Å².